The van der Waals surface area contributed by atoms with Gasteiger partial charge < -0.3 is 28.4 Å². The van der Waals surface area contributed by atoms with Crippen LogP contribution in [0.3, 0.4) is 0 Å². The number of benzene rings is 2. The quantitative estimate of drug-likeness (QED) is 0.580. The minimum Gasteiger partial charge on any atom is -0.497 e. The van der Waals surface area contributed by atoms with Crippen molar-refractivity contribution in [2.45, 2.75) is 13.3 Å². The van der Waals surface area contributed by atoms with E-state index in [4.69, 9.17) is 18.9 Å². The zero-order chi connectivity index (χ0) is 22.6. The van der Waals surface area contributed by atoms with E-state index in [1.54, 1.807) is 14.2 Å². The molecule has 0 radical (unpaired) electrons. The van der Waals surface area contributed by atoms with Gasteiger partial charge in [0.25, 0.3) is 0 Å². The molecule has 5 rings (SSSR count). The Bertz CT molecular complexity index is 1290. The lowest BCUT2D eigenvalue weighted by atomic mass is 9.99. The highest BCUT2D eigenvalue weighted by molar-refractivity contribution is 6.19. The van der Waals surface area contributed by atoms with E-state index < -0.39 is 0 Å². The van der Waals surface area contributed by atoms with Gasteiger partial charge in [0.2, 0.25) is 18.3 Å². The Labute approximate surface area is 186 Å². The molecule has 7 nitrogen and oxygen atoms in total. The number of fused-ring (bicyclic) bond motifs is 3. The van der Waals surface area contributed by atoms with Crippen LogP contribution < -0.4 is 18.9 Å². The molecule has 0 aliphatic carbocycles. The zero-order valence-corrected chi connectivity index (χ0v) is 18.9. The molecule has 0 atom stereocenters. The molecule has 0 unspecified atom stereocenters. The Morgan fingerprint density at radius 3 is 2.66 bits per heavy atom. The normalized spacial score (nSPS) is 14.8. The van der Waals surface area contributed by atoms with Crippen LogP contribution in [0.5, 0.6) is 23.0 Å². The van der Waals surface area contributed by atoms with Gasteiger partial charge in [0, 0.05) is 42.8 Å². The molecule has 3 aromatic rings. The van der Waals surface area contributed by atoms with Gasteiger partial charge in [-0.05, 0) is 49.2 Å². The van der Waals surface area contributed by atoms with Crippen molar-refractivity contribution in [3.8, 4) is 23.0 Å². The number of ketones is 1. The predicted molar refractivity (Wildman–Crippen MR) is 122 cm³/mol. The minimum absolute atomic E-state index is 0.0311. The molecule has 0 saturated carbocycles. The maximum absolute atomic E-state index is 14.0. The average molecular weight is 434 g/mol. The van der Waals surface area contributed by atoms with Crippen LogP contribution in [0.2, 0.25) is 0 Å². The molecule has 0 amide bonds. The van der Waals surface area contributed by atoms with Gasteiger partial charge in [-0.2, -0.15) is 0 Å². The Hall–Kier alpha value is -3.61. The molecule has 7 heteroatoms. The lowest BCUT2D eigenvalue weighted by Gasteiger charge is -2.20. The number of likely N-dealkylation sites (N-methyl/N-ethyl adjacent to an activating group) is 1. The summed E-state index contributed by atoms with van der Waals surface area (Å²) in [5.41, 5.74) is 5.12. The van der Waals surface area contributed by atoms with E-state index >= 15 is 0 Å². The van der Waals surface area contributed by atoms with Gasteiger partial charge in [-0.3, -0.25) is 4.79 Å². The third-order valence-electron chi connectivity index (χ3n) is 6.52. The second-order valence-corrected chi connectivity index (χ2v) is 8.15. The first kappa shape index (κ1) is 20.3. The Morgan fingerprint density at radius 1 is 1.09 bits per heavy atom. The van der Waals surface area contributed by atoms with E-state index in [9.17, 15) is 4.79 Å². The van der Waals surface area contributed by atoms with E-state index in [0.717, 1.165) is 39.9 Å². The summed E-state index contributed by atoms with van der Waals surface area (Å²) < 4.78 is 24.4. The number of Topliss-reactive ketones (excluding diaryl/α,β-unsaturated/α-hetero) is 1. The average Bonchev–Trinajstić information content (AvgIpc) is 3.31. The molecule has 1 aromatic heterocycles. The Morgan fingerprint density at radius 2 is 1.91 bits per heavy atom. The lowest BCUT2D eigenvalue weighted by molar-refractivity contribution is 0.100. The number of carbonyl (C=O) groups is 1. The summed E-state index contributed by atoms with van der Waals surface area (Å²) in [5.74, 6) is 2.57. The van der Waals surface area contributed by atoms with Crippen molar-refractivity contribution in [1.82, 2.24) is 9.47 Å². The standard InChI is InChI=1S/C25H26N2O5/c1-14-22(18-11-16(29-4)6-7-19(18)27(14)3)23(28)20-12-17-15(8-9-26(20)2)10-21-25(24(17)30-5)32-13-31-21/h6-7,10-12H,8-9,13H2,1-5H3. The van der Waals surface area contributed by atoms with Crippen LogP contribution in [-0.2, 0) is 13.5 Å². The summed E-state index contributed by atoms with van der Waals surface area (Å²) in [6.45, 7) is 2.84. The minimum atomic E-state index is -0.0311. The molecule has 0 bridgehead atoms. The molecule has 0 fully saturated rings. The van der Waals surface area contributed by atoms with Crippen LogP contribution >= 0.6 is 0 Å². The summed E-state index contributed by atoms with van der Waals surface area (Å²) in [5, 5.41) is 0.880. The van der Waals surface area contributed by atoms with Crippen LogP contribution in [0, 0.1) is 6.92 Å². The third-order valence-corrected chi connectivity index (χ3v) is 6.52. The number of carbonyl (C=O) groups excluding carboxylic acids is 1. The second kappa shape index (κ2) is 7.51. The van der Waals surface area contributed by atoms with Crippen molar-refractivity contribution in [3.05, 3.63) is 52.3 Å². The fourth-order valence-corrected chi connectivity index (χ4v) is 4.63. The van der Waals surface area contributed by atoms with Crippen LogP contribution in [0.15, 0.2) is 30.0 Å². The monoisotopic (exact) mass is 434 g/mol. The first-order chi connectivity index (χ1) is 15.4. The van der Waals surface area contributed by atoms with Gasteiger partial charge in [0.1, 0.15) is 5.75 Å². The smallest absolute Gasteiger partial charge is 0.231 e. The maximum atomic E-state index is 14.0. The summed E-state index contributed by atoms with van der Waals surface area (Å²) in [6, 6.07) is 7.82. The third kappa shape index (κ3) is 2.92. The number of hydrogen-bond donors (Lipinski definition) is 0. The molecule has 0 spiro atoms. The topological polar surface area (TPSA) is 62.2 Å². The molecule has 166 valence electrons. The number of methoxy groups -OCH3 is 2. The number of rotatable bonds is 4. The molecule has 32 heavy (non-hydrogen) atoms. The van der Waals surface area contributed by atoms with Gasteiger partial charge in [-0.1, -0.05) is 0 Å². The van der Waals surface area contributed by atoms with Gasteiger partial charge in [0.15, 0.2) is 11.5 Å². The van der Waals surface area contributed by atoms with E-state index in [-0.39, 0.29) is 12.6 Å². The van der Waals surface area contributed by atoms with Crippen molar-refractivity contribution in [2.24, 2.45) is 7.05 Å². The van der Waals surface area contributed by atoms with Crippen molar-refractivity contribution < 1.29 is 23.7 Å². The number of allylic oxidation sites excluding steroid dienone is 1. The largest absolute Gasteiger partial charge is 0.497 e. The van der Waals surface area contributed by atoms with E-state index in [1.807, 2.05) is 60.8 Å². The van der Waals surface area contributed by atoms with Crippen molar-refractivity contribution in [1.29, 1.82) is 0 Å². The van der Waals surface area contributed by atoms with Gasteiger partial charge in [-0.15, -0.1) is 0 Å². The molecular formula is C25H26N2O5. The summed E-state index contributed by atoms with van der Waals surface area (Å²) >= 11 is 0. The highest BCUT2D eigenvalue weighted by atomic mass is 16.7. The van der Waals surface area contributed by atoms with Crippen molar-refractivity contribution in [2.75, 3.05) is 34.6 Å². The van der Waals surface area contributed by atoms with Crippen molar-refractivity contribution in [3.63, 3.8) is 0 Å². The second-order valence-electron chi connectivity index (χ2n) is 8.15. The summed E-state index contributed by atoms with van der Waals surface area (Å²) in [7, 11) is 7.17. The summed E-state index contributed by atoms with van der Waals surface area (Å²) in [4.78, 5) is 16.0. The van der Waals surface area contributed by atoms with E-state index in [0.29, 0.717) is 35.1 Å². The highest BCUT2D eigenvalue weighted by Crippen LogP contribution is 2.47. The van der Waals surface area contributed by atoms with Crippen LogP contribution in [-0.4, -0.2) is 49.9 Å². The van der Waals surface area contributed by atoms with Gasteiger partial charge in [-0.25, -0.2) is 0 Å². The number of aryl methyl sites for hydroxylation is 1. The number of aromatic nitrogens is 1. The highest BCUT2D eigenvalue weighted by Gasteiger charge is 2.30. The van der Waals surface area contributed by atoms with E-state index in [2.05, 4.69) is 0 Å². The number of ether oxygens (including phenoxy) is 4. The molecule has 3 heterocycles. The number of hydrogen-bond acceptors (Lipinski definition) is 6. The van der Waals surface area contributed by atoms with E-state index in [1.165, 1.54) is 0 Å². The first-order valence-electron chi connectivity index (χ1n) is 10.5. The molecular weight excluding hydrogens is 408 g/mol. The molecule has 2 aliphatic heterocycles. The Balaban J connectivity index is 1.70. The fraction of sp³-hybridized carbons (Fsp3) is 0.320. The molecule has 0 N–H and O–H groups in total. The Kier molecular flexibility index (Phi) is 4.77. The predicted octanol–water partition coefficient (Wildman–Crippen LogP) is 3.94. The lowest BCUT2D eigenvalue weighted by Crippen LogP contribution is -2.25. The fourth-order valence-electron chi connectivity index (χ4n) is 4.63. The van der Waals surface area contributed by atoms with Crippen LogP contribution in [0.4, 0.5) is 0 Å². The van der Waals surface area contributed by atoms with Gasteiger partial charge in [0.05, 0.1) is 25.5 Å². The maximum Gasteiger partial charge on any atom is 0.231 e. The number of nitrogens with zero attached hydrogens (tertiary/aromatic N) is 2. The molecule has 2 aliphatic rings. The van der Waals surface area contributed by atoms with Gasteiger partial charge >= 0.3 is 0 Å². The van der Waals surface area contributed by atoms with Crippen molar-refractivity contribution >= 4 is 22.8 Å². The zero-order valence-electron chi connectivity index (χ0n) is 18.9. The SMILES string of the molecule is COc1ccc2c(c1)c(C(=O)C1=Cc3c(cc4c(c3OC)OCO4)CCN1C)c(C)n2C. The van der Waals surface area contributed by atoms with Crippen LogP contribution in [0.1, 0.15) is 27.2 Å². The molecule has 2 aromatic carbocycles. The first-order valence-corrected chi connectivity index (χ1v) is 10.5. The van der Waals surface area contributed by atoms with Crippen LogP contribution in [0.25, 0.3) is 17.0 Å². The summed E-state index contributed by atoms with van der Waals surface area (Å²) in [6.07, 6.45) is 2.68. The molecule has 0 saturated heterocycles.